The smallest absolute Gasteiger partial charge is 0.230 e. The summed E-state index contributed by atoms with van der Waals surface area (Å²) in [5, 5.41) is 9.66. The topological polar surface area (TPSA) is 75.3 Å². The first-order valence-corrected chi connectivity index (χ1v) is 6.63. The largest absolute Gasteiger partial charge is 0.508 e. The van der Waals surface area contributed by atoms with E-state index in [0.29, 0.717) is 18.2 Å². The van der Waals surface area contributed by atoms with E-state index in [-0.39, 0.29) is 10.7 Å². The highest BCUT2D eigenvalue weighted by Gasteiger charge is 2.14. The van der Waals surface area contributed by atoms with Gasteiger partial charge in [-0.3, -0.25) is 0 Å². The summed E-state index contributed by atoms with van der Waals surface area (Å²) in [5.41, 5.74) is 8.00. The number of rotatable bonds is 4. The fourth-order valence-corrected chi connectivity index (χ4v) is 2.04. The molecule has 1 aromatic heterocycles. The maximum Gasteiger partial charge on any atom is 0.230 e. The van der Waals surface area contributed by atoms with E-state index < -0.39 is 0 Å². The van der Waals surface area contributed by atoms with E-state index >= 15 is 0 Å². The van der Waals surface area contributed by atoms with Gasteiger partial charge in [-0.15, -0.1) is 0 Å². The SMILES string of the molecule is CCN(c1nccc(C(N)=S)n1)c1cc(O)ccc1C. The molecule has 0 aliphatic rings. The van der Waals surface area contributed by atoms with Gasteiger partial charge < -0.3 is 15.7 Å². The summed E-state index contributed by atoms with van der Waals surface area (Å²) in [6, 6.07) is 6.87. The van der Waals surface area contributed by atoms with E-state index in [2.05, 4.69) is 9.97 Å². The van der Waals surface area contributed by atoms with Crippen LogP contribution >= 0.6 is 12.2 Å². The van der Waals surface area contributed by atoms with Crippen molar-refractivity contribution in [2.45, 2.75) is 13.8 Å². The molecule has 0 radical (unpaired) electrons. The minimum atomic E-state index is 0.203. The highest BCUT2D eigenvalue weighted by atomic mass is 32.1. The second-order valence-electron chi connectivity index (χ2n) is 4.32. The molecule has 0 unspecified atom stereocenters. The molecule has 0 amide bonds. The molecule has 104 valence electrons. The molecule has 2 aromatic rings. The average molecular weight is 288 g/mol. The van der Waals surface area contributed by atoms with Crippen LogP contribution in [0, 0.1) is 6.92 Å². The van der Waals surface area contributed by atoms with Crippen LogP contribution in [0.5, 0.6) is 5.75 Å². The third-order valence-corrected chi connectivity index (χ3v) is 3.15. The van der Waals surface area contributed by atoms with Gasteiger partial charge >= 0.3 is 0 Å². The van der Waals surface area contributed by atoms with Gasteiger partial charge in [0.15, 0.2) is 0 Å². The van der Waals surface area contributed by atoms with Gasteiger partial charge in [0.05, 0.1) is 5.69 Å². The standard InChI is InChI=1S/C14H16N4OS/c1-3-18(12-8-10(19)5-4-9(12)2)14-16-7-6-11(17-14)13(15)20/h4-8,19H,3H2,1-2H3,(H2,15,20). The number of nitrogens with two attached hydrogens (primary N) is 1. The van der Waals surface area contributed by atoms with Crippen LogP contribution in [-0.2, 0) is 0 Å². The van der Waals surface area contributed by atoms with Gasteiger partial charge in [0, 0.05) is 18.8 Å². The molecule has 2 rings (SSSR count). The first kappa shape index (κ1) is 14.2. The second-order valence-corrected chi connectivity index (χ2v) is 4.76. The Bertz CT molecular complexity index is 645. The molecule has 1 aromatic carbocycles. The Morgan fingerprint density at radius 2 is 2.15 bits per heavy atom. The number of aromatic nitrogens is 2. The summed E-state index contributed by atoms with van der Waals surface area (Å²) in [6.45, 7) is 4.61. The zero-order chi connectivity index (χ0) is 14.7. The number of thiocarbonyl (C=S) groups is 1. The van der Waals surface area contributed by atoms with Crippen LogP contribution in [0.1, 0.15) is 18.2 Å². The molecule has 0 fully saturated rings. The summed E-state index contributed by atoms with van der Waals surface area (Å²) in [4.78, 5) is 10.7. The summed E-state index contributed by atoms with van der Waals surface area (Å²) in [6.07, 6.45) is 1.62. The van der Waals surface area contributed by atoms with Crippen molar-refractivity contribution in [1.82, 2.24) is 9.97 Å². The molecule has 0 saturated heterocycles. The van der Waals surface area contributed by atoms with E-state index in [9.17, 15) is 5.11 Å². The van der Waals surface area contributed by atoms with Gasteiger partial charge in [0.2, 0.25) is 5.95 Å². The second kappa shape index (κ2) is 5.83. The van der Waals surface area contributed by atoms with Crippen LogP contribution in [0.4, 0.5) is 11.6 Å². The molecule has 0 aliphatic carbocycles. The Morgan fingerprint density at radius 1 is 1.40 bits per heavy atom. The van der Waals surface area contributed by atoms with Crippen molar-refractivity contribution in [2.24, 2.45) is 5.73 Å². The van der Waals surface area contributed by atoms with Crippen molar-refractivity contribution in [1.29, 1.82) is 0 Å². The molecule has 0 bridgehead atoms. The lowest BCUT2D eigenvalue weighted by molar-refractivity contribution is 0.475. The van der Waals surface area contributed by atoms with Crippen molar-refractivity contribution in [3.05, 3.63) is 41.7 Å². The molecule has 20 heavy (non-hydrogen) atoms. The Balaban J connectivity index is 2.49. The van der Waals surface area contributed by atoms with Crippen LogP contribution in [0.25, 0.3) is 0 Å². The quantitative estimate of drug-likeness (QED) is 0.841. The zero-order valence-electron chi connectivity index (χ0n) is 11.4. The fourth-order valence-electron chi connectivity index (χ4n) is 1.92. The Hall–Kier alpha value is -2.21. The predicted molar refractivity (Wildman–Crippen MR) is 83.4 cm³/mol. The number of phenolic OH excluding ortho intramolecular Hbond substituents is 1. The number of anilines is 2. The highest BCUT2D eigenvalue weighted by Crippen LogP contribution is 2.28. The van der Waals surface area contributed by atoms with Crippen LogP contribution < -0.4 is 10.6 Å². The van der Waals surface area contributed by atoms with E-state index in [4.69, 9.17) is 18.0 Å². The van der Waals surface area contributed by atoms with E-state index in [0.717, 1.165) is 11.3 Å². The minimum Gasteiger partial charge on any atom is -0.508 e. The van der Waals surface area contributed by atoms with Gasteiger partial charge in [-0.1, -0.05) is 18.3 Å². The maximum atomic E-state index is 9.66. The van der Waals surface area contributed by atoms with Gasteiger partial charge in [0.1, 0.15) is 16.4 Å². The Morgan fingerprint density at radius 3 is 2.80 bits per heavy atom. The van der Waals surface area contributed by atoms with Crippen LogP contribution in [0.15, 0.2) is 30.5 Å². The van der Waals surface area contributed by atoms with E-state index in [1.54, 1.807) is 24.4 Å². The zero-order valence-corrected chi connectivity index (χ0v) is 12.2. The maximum absolute atomic E-state index is 9.66. The van der Waals surface area contributed by atoms with Gasteiger partial charge in [-0.2, -0.15) is 0 Å². The third kappa shape index (κ3) is 2.85. The Labute approximate surface area is 123 Å². The molecule has 0 saturated carbocycles. The third-order valence-electron chi connectivity index (χ3n) is 2.94. The molecule has 0 atom stereocenters. The lowest BCUT2D eigenvalue weighted by Gasteiger charge is -2.23. The first-order chi connectivity index (χ1) is 9.52. The summed E-state index contributed by atoms with van der Waals surface area (Å²) in [7, 11) is 0. The number of aromatic hydroxyl groups is 1. The van der Waals surface area contributed by atoms with E-state index in [1.165, 1.54) is 0 Å². The molecule has 1 heterocycles. The molecule has 0 spiro atoms. The lowest BCUT2D eigenvalue weighted by atomic mass is 10.1. The molecule has 5 nitrogen and oxygen atoms in total. The number of hydrogen-bond donors (Lipinski definition) is 2. The number of aryl methyl sites for hydroxylation is 1. The number of benzene rings is 1. The summed E-state index contributed by atoms with van der Waals surface area (Å²) < 4.78 is 0. The van der Waals surface area contributed by atoms with E-state index in [1.807, 2.05) is 24.8 Å². The van der Waals surface area contributed by atoms with Crippen molar-refractivity contribution >= 4 is 28.8 Å². The average Bonchev–Trinajstić information content (AvgIpc) is 2.44. The van der Waals surface area contributed by atoms with Crippen LogP contribution in [0.3, 0.4) is 0 Å². The van der Waals surface area contributed by atoms with Gasteiger partial charge in [-0.25, -0.2) is 9.97 Å². The predicted octanol–water partition coefficient (Wildman–Crippen LogP) is 2.28. The molecule has 6 heteroatoms. The summed E-state index contributed by atoms with van der Waals surface area (Å²) in [5.74, 6) is 0.709. The molecular formula is C14H16N4OS. The van der Waals surface area contributed by atoms with Crippen molar-refractivity contribution in [2.75, 3.05) is 11.4 Å². The first-order valence-electron chi connectivity index (χ1n) is 6.23. The number of nitrogens with zero attached hydrogens (tertiary/aromatic N) is 3. The monoisotopic (exact) mass is 288 g/mol. The van der Waals surface area contributed by atoms with Crippen molar-refractivity contribution < 1.29 is 5.11 Å². The highest BCUT2D eigenvalue weighted by molar-refractivity contribution is 7.80. The number of phenols is 1. The van der Waals surface area contributed by atoms with Gasteiger partial charge in [0.25, 0.3) is 0 Å². The lowest BCUT2D eigenvalue weighted by Crippen LogP contribution is -2.21. The molecular weight excluding hydrogens is 272 g/mol. The molecule has 0 aliphatic heterocycles. The normalized spacial score (nSPS) is 10.3. The summed E-state index contributed by atoms with van der Waals surface area (Å²) >= 11 is 4.94. The van der Waals surface area contributed by atoms with Crippen LogP contribution in [-0.4, -0.2) is 26.6 Å². The van der Waals surface area contributed by atoms with Crippen molar-refractivity contribution in [3.63, 3.8) is 0 Å². The van der Waals surface area contributed by atoms with Crippen LogP contribution in [0.2, 0.25) is 0 Å². The van der Waals surface area contributed by atoms with Gasteiger partial charge in [-0.05, 0) is 31.5 Å². The van der Waals surface area contributed by atoms with Crippen molar-refractivity contribution in [3.8, 4) is 5.75 Å². The fraction of sp³-hybridized carbons (Fsp3) is 0.214. The molecule has 3 N–H and O–H groups in total. The Kier molecular flexibility index (Phi) is 4.14. The number of hydrogen-bond acceptors (Lipinski definition) is 5. The minimum absolute atomic E-state index is 0.203.